The molecule has 4 aromatic heterocycles. The summed E-state index contributed by atoms with van der Waals surface area (Å²) in [6, 6.07) is 17.1. The molecule has 4 aromatic rings. The van der Waals surface area contributed by atoms with Crippen molar-refractivity contribution in [2.45, 2.75) is 47.9 Å². The summed E-state index contributed by atoms with van der Waals surface area (Å²) >= 11 is 10.6. The fourth-order valence-corrected chi connectivity index (χ4v) is 12.7. The fraction of sp³-hybridized carbons (Fsp3) is 0.250. The van der Waals surface area contributed by atoms with Gasteiger partial charge in [-0.15, -0.1) is 68.9 Å². The number of hydrogen-bond acceptors (Lipinski definition) is 10. The van der Waals surface area contributed by atoms with Crippen LogP contribution in [-0.2, 0) is 0 Å². The van der Waals surface area contributed by atoms with Crippen LogP contribution in [0.15, 0.2) is 43.8 Å². The highest BCUT2D eigenvalue weighted by molar-refractivity contribution is 8.01. The van der Waals surface area contributed by atoms with Gasteiger partial charge in [-0.3, -0.25) is 0 Å². The first-order valence-electron chi connectivity index (χ1n) is 13.5. The molecule has 10 heteroatoms. The highest BCUT2D eigenvalue weighted by Crippen LogP contribution is 2.59. The molecule has 0 saturated carbocycles. The molecular weight excluding hydrogens is 633 g/mol. The first-order valence-corrected chi connectivity index (χ1v) is 18.7. The van der Waals surface area contributed by atoms with Gasteiger partial charge in [0.1, 0.15) is 35.4 Å². The Morgan fingerprint density at radius 3 is 1.29 bits per heavy atom. The van der Waals surface area contributed by atoms with Crippen molar-refractivity contribution in [1.82, 2.24) is 0 Å². The molecule has 0 aromatic carbocycles. The zero-order valence-corrected chi connectivity index (χ0v) is 27.7. The van der Waals surface area contributed by atoms with E-state index in [0.29, 0.717) is 0 Å². The number of nitrogens with zero attached hydrogens (tertiary/aromatic N) is 4. The molecule has 4 nitrogen and oxygen atoms in total. The largest absolute Gasteiger partial charge is 0.192 e. The molecule has 0 atom stereocenters. The summed E-state index contributed by atoms with van der Waals surface area (Å²) in [7, 11) is 0. The van der Waals surface area contributed by atoms with Gasteiger partial charge in [-0.1, -0.05) is 26.7 Å². The summed E-state index contributed by atoms with van der Waals surface area (Å²) < 4.78 is 2.43. The zero-order valence-electron chi connectivity index (χ0n) is 22.8. The van der Waals surface area contributed by atoms with E-state index >= 15 is 0 Å². The lowest BCUT2D eigenvalue weighted by Crippen LogP contribution is -1.86. The Bertz CT molecular complexity index is 1790. The molecule has 0 bridgehead atoms. The van der Waals surface area contributed by atoms with Crippen LogP contribution in [0.3, 0.4) is 0 Å². The number of allylic oxidation sites excluding steroid dienone is 2. The first kappa shape index (κ1) is 29.0. The highest BCUT2D eigenvalue weighted by Gasteiger charge is 2.35. The monoisotopic (exact) mass is 654 g/mol. The predicted molar refractivity (Wildman–Crippen MR) is 180 cm³/mol. The van der Waals surface area contributed by atoms with E-state index in [9.17, 15) is 21.0 Å². The third kappa shape index (κ3) is 4.87. The van der Waals surface area contributed by atoms with Crippen molar-refractivity contribution in [3.8, 4) is 53.5 Å². The topological polar surface area (TPSA) is 95.2 Å². The maximum atomic E-state index is 9.83. The molecule has 206 valence electrons. The van der Waals surface area contributed by atoms with Crippen LogP contribution in [0.5, 0.6) is 0 Å². The summed E-state index contributed by atoms with van der Waals surface area (Å²) in [5.41, 5.74) is 5.65. The summed E-state index contributed by atoms with van der Waals surface area (Å²) in [5.74, 6) is 2.10. The van der Waals surface area contributed by atoms with Crippen LogP contribution in [0.2, 0.25) is 0 Å². The third-order valence-electron chi connectivity index (χ3n) is 7.05. The maximum Gasteiger partial charge on any atom is 0.138 e. The smallest absolute Gasteiger partial charge is 0.138 e. The normalized spacial score (nSPS) is 12.1. The summed E-state index contributed by atoms with van der Waals surface area (Å²) in [4.78, 5) is 6.61. The van der Waals surface area contributed by atoms with Gasteiger partial charge in [-0.25, -0.2) is 0 Å². The van der Waals surface area contributed by atoms with Crippen LogP contribution in [0.4, 0.5) is 0 Å². The van der Waals surface area contributed by atoms with Crippen LogP contribution < -0.4 is 0 Å². The van der Waals surface area contributed by atoms with Gasteiger partial charge in [0.2, 0.25) is 0 Å². The van der Waals surface area contributed by atoms with Gasteiger partial charge in [0, 0.05) is 43.2 Å². The fourth-order valence-electron chi connectivity index (χ4n) is 5.06. The highest BCUT2D eigenvalue weighted by atomic mass is 32.2. The molecule has 0 fully saturated rings. The molecule has 0 amide bonds. The second kappa shape index (κ2) is 12.3. The van der Waals surface area contributed by atoms with E-state index in [4.69, 9.17) is 0 Å². The average molecular weight is 655 g/mol. The average Bonchev–Trinajstić information content (AvgIpc) is 3.81. The predicted octanol–water partition coefficient (Wildman–Crippen LogP) is 11.0. The van der Waals surface area contributed by atoms with Gasteiger partial charge in [0.15, 0.2) is 0 Å². The summed E-state index contributed by atoms with van der Waals surface area (Å²) in [6.45, 7) is 4.37. The Morgan fingerprint density at radius 1 is 0.571 bits per heavy atom. The lowest BCUT2D eigenvalue weighted by Gasteiger charge is -2.00. The summed E-state index contributed by atoms with van der Waals surface area (Å²) in [6.07, 6.45) is 4.59. The van der Waals surface area contributed by atoms with E-state index in [1.54, 1.807) is 45.3 Å². The van der Waals surface area contributed by atoms with Crippen molar-refractivity contribution >= 4 is 80.0 Å². The number of rotatable bonds is 9. The Kier molecular flexibility index (Phi) is 8.49. The van der Waals surface area contributed by atoms with Crippen LogP contribution >= 0.6 is 68.9 Å². The van der Waals surface area contributed by atoms with Crippen LogP contribution in [0, 0.1) is 45.3 Å². The number of nitriles is 4. The second-order valence-electron chi connectivity index (χ2n) is 9.67. The van der Waals surface area contributed by atoms with Gasteiger partial charge in [0.05, 0.1) is 27.9 Å². The Hall–Kier alpha value is -3.06. The molecule has 0 aliphatic heterocycles. The minimum atomic E-state index is 0.144. The molecule has 0 saturated heterocycles. The van der Waals surface area contributed by atoms with Gasteiger partial charge >= 0.3 is 0 Å². The van der Waals surface area contributed by atoms with Gasteiger partial charge in [-0.05, 0) is 48.6 Å². The third-order valence-corrected chi connectivity index (χ3v) is 14.7. The Labute approximate surface area is 269 Å². The van der Waals surface area contributed by atoms with Gasteiger partial charge in [0.25, 0.3) is 0 Å². The first-order chi connectivity index (χ1) is 20.6. The van der Waals surface area contributed by atoms with Crippen molar-refractivity contribution in [2.75, 3.05) is 11.5 Å². The SMILES string of the molecule is CCCCSc1cc2c(s1)-c1sc(-c3cc4c(s3)-c3sc(SCCCC)cc3C4=C(C#N)C#N)cc1C2=C(C#N)C#N. The zero-order chi connectivity index (χ0) is 29.4. The molecule has 0 radical (unpaired) electrons. The quantitative estimate of drug-likeness (QED) is 0.0874. The minimum absolute atomic E-state index is 0.144. The molecule has 0 N–H and O–H groups in total. The van der Waals surface area contributed by atoms with E-state index in [2.05, 4.69) is 62.4 Å². The standard InChI is InChI=1S/C32H22N4S6/c1-3-5-7-37-25-11-21-27(17(13-33)14-34)19-9-23(39-29(19)31(21)41-25)24-10-20-28(18(15-35)16-36)22-12-26(38-8-6-4-2)42-32(22)30(20)40-24/h9-12H,3-8H2,1-2H3. The molecule has 0 unspecified atom stereocenters. The van der Waals surface area contributed by atoms with Crippen molar-refractivity contribution in [3.63, 3.8) is 0 Å². The van der Waals surface area contributed by atoms with E-state index in [0.717, 1.165) is 99.9 Å². The summed E-state index contributed by atoms with van der Waals surface area (Å²) in [5, 5.41) is 39.3. The Balaban J connectivity index is 1.45. The van der Waals surface area contributed by atoms with Crippen LogP contribution in [0.25, 0.3) is 40.4 Å². The lowest BCUT2D eigenvalue weighted by molar-refractivity contribution is 0.896. The van der Waals surface area contributed by atoms with Crippen LogP contribution in [-0.4, -0.2) is 11.5 Å². The number of fused-ring (bicyclic) bond motifs is 6. The lowest BCUT2D eigenvalue weighted by atomic mass is 10.0. The number of unbranched alkanes of at least 4 members (excludes halogenated alkanes) is 2. The van der Waals surface area contributed by atoms with Crippen molar-refractivity contribution in [3.05, 3.63) is 57.7 Å². The molecule has 6 rings (SSSR count). The molecule has 4 heterocycles. The molecule has 42 heavy (non-hydrogen) atoms. The van der Waals surface area contributed by atoms with E-state index in [1.165, 1.54) is 8.42 Å². The maximum absolute atomic E-state index is 9.83. The molecule has 2 aliphatic carbocycles. The Morgan fingerprint density at radius 2 is 0.929 bits per heavy atom. The van der Waals surface area contributed by atoms with E-state index in [-0.39, 0.29) is 11.1 Å². The van der Waals surface area contributed by atoms with Gasteiger partial charge in [-0.2, -0.15) is 21.0 Å². The molecular formula is C32H22N4S6. The number of thiophene rings is 4. The second-order valence-corrected chi connectivity index (χ2v) is 16.7. The van der Waals surface area contributed by atoms with E-state index in [1.807, 2.05) is 23.5 Å². The number of hydrogen-bond donors (Lipinski definition) is 0. The number of thioether (sulfide) groups is 2. The van der Waals surface area contributed by atoms with Crippen molar-refractivity contribution in [1.29, 1.82) is 21.0 Å². The van der Waals surface area contributed by atoms with Crippen molar-refractivity contribution < 1.29 is 0 Å². The van der Waals surface area contributed by atoms with Gasteiger partial charge < -0.3 is 0 Å². The molecule has 2 aliphatic rings. The van der Waals surface area contributed by atoms with Crippen LogP contribution in [0.1, 0.15) is 61.8 Å². The van der Waals surface area contributed by atoms with Crippen molar-refractivity contribution in [2.24, 2.45) is 0 Å². The van der Waals surface area contributed by atoms with E-state index < -0.39 is 0 Å². The molecule has 0 spiro atoms. The minimum Gasteiger partial charge on any atom is -0.192 e.